The Hall–Kier alpha value is -1.03. The molecule has 2 N–H and O–H groups in total. The van der Waals surface area contributed by atoms with E-state index < -0.39 is 0 Å². The summed E-state index contributed by atoms with van der Waals surface area (Å²) in [6.07, 6.45) is 1.29. The first-order chi connectivity index (χ1) is 7.16. The van der Waals surface area contributed by atoms with E-state index in [4.69, 9.17) is 0 Å². The molecule has 0 aliphatic carbocycles. The smallest absolute Gasteiger partial charge is 0.124 e. The monoisotopic (exact) mass is 208 g/mol. The molecule has 1 aliphatic rings. The highest BCUT2D eigenvalue weighted by Crippen LogP contribution is 2.15. The van der Waals surface area contributed by atoms with Gasteiger partial charge in [-0.1, -0.05) is 6.92 Å². The molecule has 0 radical (unpaired) electrons. The van der Waals surface area contributed by atoms with Gasteiger partial charge in [0.15, 0.2) is 0 Å². The molecule has 0 bridgehead atoms. The maximum atomic E-state index is 4.31. The Balaban J connectivity index is 1.90. The van der Waals surface area contributed by atoms with Gasteiger partial charge in [-0.25, -0.2) is 0 Å². The lowest BCUT2D eigenvalue weighted by atomic mass is 10.0. The van der Waals surface area contributed by atoms with Crippen LogP contribution in [0.15, 0.2) is 6.07 Å². The summed E-state index contributed by atoms with van der Waals surface area (Å²) >= 11 is 0. The molecule has 1 aromatic heterocycles. The standard InChI is InChI=1S/C11H20N4/c1-8-4-5-12-10(8)7-13-11-6-9(2)14-15(11)3/h6,8,10,12-13H,4-5,7H2,1-3H3. The molecule has 4 nitrogen and oxygen atoms in total. The van der Waals surface area contributed by atoms with Crippen molar-refractivity contribution in [2.24, 2.45) is 13.0 Å². The lowest BCUT2D eigenvalue weighted by Crippen LogP contribution is -2.33. The SMILES string of the molecule is Cc1cc(NCC2NCCC2C)n(C)n1. The van der Waals surface area contributed by atoms with Gasteiger partial charge in [0.05, 0.1) is 5.69 Å². The first-order valence-corrected chi connectivity index (χ1v) is 5.64. The fourth-order valence-corrected chi connectivity index (χ4v) is 2.16. The molecule has 1 aromatic rings. The number of nitrogens with one attached hydrogen (secondary N) is 2. The predicted molar refractivity (Wildman–Crippen MR) is 62.0 cm³/mol. The zero-order valence-corrected chi connectivity index (χ0v) is 9.75. The van der Waals surface area contributed by atoms with Crippen LogP contribution >= 0.6 is 0 Å². The van der Waals surface area contributed by atoms with Crippen molar-refractivity contribution in [3.05, 3.63) is 11.8 Å². The van der Waals surface area contributed by atoms with Crippen LogP contribution in [0, 0.1) is 12.8 Å². The zero-order chi connectivity index (χ0) is 10.8. The second-order valence-corrected chi connectivity index (χ2v) is 4.50. The zero-order valence-electron chi connectivity index (χ0n) is 9.75. The molecule has 0 saturated carbocycles. The Morgan fingerprint density at radius 3 is 3.00 bits per heavy atom. The molecule has 1 fully saturated rings. The van der Waals surface area contributed by atoms with E-state index >= 15 is 0 Å². The Labute approximate surface area is 91.1 Å². The summed E-state index contributed by atoms with van der Waals surface area (Å²) in [6.45, 7) is 6.46. The van der Waals surface area contributed by atoms with Gasteiger partial charge in [-0.15, -0.1) is 0 Å². The van der Waals surface area contributed by atoms with Crippen molar-refractivity contribution >= 4 is 5.82 Å². The number of anilines is 1. The Kier molecular flexibility index (Phi) is 2.95. The maximum Gasteiger partial charge on any atom is 0.124 e. The van der Waals surface area contributed by atoms with Crippen molar-refractivity contribution in [3.8, 4) is 0 Å². The molecule has 2 rings (SSSR count). The minimum absolute atomic E-state index is 0.597. The molecule has 1 aliphatic heterocycles. The summed E-state index contributed by atoms with van der Waals surface area (Å²) in [5.74, 6) is 1.88. The van der Waals surface area contributed by atoms with Gasteiger partial charge < -0.3 is 10.6 Å². The molecule has 0 amide bonds. The van der Waals surface area contributed by atoms with E-state index in [-0.39, 0.29) is 0 Å². The number of hydrogen-bond donors (Lipinski definition) is 2. The van der Waals surface area contributed by atoms with E-state index in [1.807, 2.05) is 18.7 Å². The summed E-state index contributed by atoms with van der Waals surface area (Å²) < 4.78 is 1.90. The summed E-state index contributed by atoms with van der Waals surface area (Å²) in [7, 11) is 1.97. The van der Waals surface area contributed by atoms with E-state index in [9.17, 15) is 0 Å². The summed E-state index contributed by atoms with van der Waals surface area (Å²) in [6, 6.07) is 2.68. The van der Waals surface area contributed by atoms with Crippen molar-refractivity contribution in [1.29, 1.82) is 0 Å². The lowest BCUT2D eigenvalue weighted by Gasteiger charge is -2.16. The minimum atomic E-state index is 0.597. The third kappa shape index (κ3) is 2.31. The van der Waals surface area contributed by atoms with Crippen LogP contribution in [0.25, 0.3) is 0 Å². The van der Waals surface area contributed by atoms with Crippen LogP contribution in [-0.2, 0) is 7.05 Å². The van der Waals surface area contributed by atoms with E-state index in [0.29, 0.717) is 6.04 Å². The first-order valence-electron chi connectivity index (χ1n) is 5.64. The van der Waals surface area contributed by atoms with Gasteiger partial charge in [-0.05, 0) is 25.8 Å². The summed E-state index contributed by atoms with van der Waals surface area (Å²) in [5, 5.41) is 11.3. The van der Waals surface area contributed by atoms with Gasteiger partial charge in [0.2, 0.25) is 0 Å². The third-order valence-corrected chi connectivity index (χ3v) is 3.20. The van der Waals surface area contributed by atoms with E-state index in [0.717, 1.165) is 30.5 Å². The molecule has 15 heavy (non-hydrogen) atoms. The van der Waals surface area contributed by atoms with Crippen molar-refractivity contribution in [1.82, 2.24) is 15.1 Å². The van der Waals surface area contributed by atoms with Gasteiger partial charge in [0.1, 0.15) is 5.82 Å². The second-order valence-electron chi connectivity index (χ2n) is 4.50. The van der Waals surface area contributed by atoms with Crippen molar-refractivity contribution in [2.45, 2.75) is 26.3 Å². The molecular weight excluding hydrogens is 188 g/mol. The van der Waals surface area contributed by atoms with Crippen LogP contribution in [0.4, 0.5) is 5.82 Å². The topological polar surface area (TPSA) is 41.9 Å². The molecule has 4 heteroatoms. The number of rotatable bonds is 3. The van der Waals surface area contributed by atoms with Gasteiger partial charge >= 0.3 is 0 Å². The number of hydrogen-bond acceptors (Lipinski definition) is 3. The predicted octanol–water partition coefficient (Wildman–Crippen LogP) is 1.14. The average molecular weight is 208 g/mol. The molecule has 84 valence electrons. The van der Waals surface area contributed by atoms with E-state index in [1.54, 1.807) is 0 Å². The van der Waals surface area contributed by atoms with Crippen LogP contribution in [0.3, 0.4) is 0 Å². The molecule has 2 atom stereocenters. The molecular formula is C11H20N4. The van der Waals surface area contributed by atoms with E-state index in [1.165, 1.54) is 6.42 Å². The lowest BCUT2D eigenvalue weighted by molar-refractivity contribution is 0.500. The normalized spacial score (nSPS) is 25.8. The van der Waals surface area contributed by atoms with Crippen molar-refractivity contribution in [3.63, 3.8) is 0 Å². The highest BCUT2D eigenvalue weighted by Gasteiger charge is 2.22. The average Bonchev–Trinajstić information content (AvgIpc) is 2.70. The van der Waals surface area contributed by atoms with E-state index in [2.05, 4.69) is 28.7 Å². The number of aromatic nitrogens is 2. The summed E-state index contributed by atoms with van der Waals surface area (Å²) in [4.78, 5) is 0. The fourth-order valence-electron chi connectivity index (χ4n) is 2.16. The van der Waals surface area contributed by atoms with Crippen LogP contribution in [0.2, 0.25) is 0 Å². The van der Waals surface area contributed by atoms with Gasteiger partial charge in [-0.3, -0.25) is 4.68 Å². The molecule has 1 saturated heterocycles. The Morgan fingerprint density at radius 1 is 1.67 bits per heavy atom. The molecule has 2 unspecified atom stereocenters. The first kappa shape index (κ1) is 10.5. The van der Waals surface area contributed by atoms with Crippen molar-refractivity contribution in [2.75, 3.05) is 18.4 Å². The molecule has 0 aromatic carbocycles. The maximum absolute atomic E-state index is 4.31. The van der Waals surface area contributed by atoms with Crippen molar-refractivity contribution < 1.29 is 0 Å². The highest BCUT2D eigenvalue weighted by atomic mass is 15.3. The Morgan fingerprint density at radius 2 is 2.47 bits per heavy atom. The van der Waals surface area contributed by atoms with Crippen LogP contribution < -0.4 is 10.6 Å². The number of aryl methyl sites for hydroxylation is 2. The molecule has 0 spiro atoms. The third-order valence-electron chi connectivity index (χ3n) is 3.20. The summed E-state index contributed by atoms with van der Waals surface area (Å²) in [5.41, 5.74) is 1.06. The van der Waals surface area contributed by atoms with Gasteiger partial charge in [0.25, 0.3) is 0 Å². The van der Waals surface area contributed by atoms with Gasteiger partial charge in [0, 0.05) is 25.7 Å². The van der Waals surface area contributed by atoms with Crippen LogP contribution in [0.1, 0.15) is 19.0 Å². The van der Waals surface area contributed by atoms with Crippen LogP contribution in [0.5, 0.6) is 0 Å². The van der Waals surface area contributed by atoms with Gasteiger partial charge in [-0.2, -0.15) is 5.10 Å². The largest absolute Gasteiger partial charge is 0.369 e. The van der Waals surface area contributed by atoms with Crippen LogP contribution in [-0.4, -0.2) is 28.9 Å². The highest BCUT2D eigenvalue weighted by molar-refractivity contribution is 5.36. The number of nitrogens with zero attached hydrogens (tertiary/aromatic N) is 2. The Bertz CT molecular complexity index is 331. The quantitative estimate of drug-likeness (QED) is 0.782. The fraction of sp³-hybridized carbons (Fsp3) is 0.727. The minimum Gasteiger partial charge on any atom is -0.369 e. The molecule has 2 heterocycles. The second kappa shape index (κ2) is 4.23.